The second-order valence-electron chi connectivity index (χ2n) is 4.07. The number of para-hydroxylation sites is 1. The molecule has 0 aliphatic carbocycles. The number of phenols is 1. The molecule has 0 unspecified atom stereocenters. The summed E-state index contributed by atoms with van der Waals surface area (Å²) < 4.78 is 0. The number of phenolic OH excluding ortho intramolecular Hbond substituents is 1. The van der Waals surface area contributed by atoms with E-state index in [0.717, 1.165) is 16.4 Å². The molecule has 2 rings (SSSR count). The fourth-order valence-electron chi connectivity index (χ4n) is 1.53. The van der Waals surface area contributed by atoms with E-state index >= 15 is 0 Å². The van der Waals surface area contributed by atoms with Crippen LogP contribution in [0.3, 0.4) is 0 Å². The van der Waals surface area contributed by atoms with Crippen molar-refractivity contribution < 1.29 is 5.11 Å². The van der Waals surface area contributed by atoms with Gasteiger partial charge in [-0.05, 0) is 18.1 Å². The van der Waals surface area contributed by atoms with Gasteiger partial charge in [-0.25, -0.2) is 0 Å². The van der Waals surface area contributed by atoms with Crippen molar-refractivity contribution in [1.29, 1.82) is 0 Å². The number of hydrogen-bond donors (Lipinski definition) is 1. The minimum atomic E-state index is 0.327. The van der Waals surface area contributed by atoms with Gasteiger partial charge in [0.25, 0.3) is 0 Å². The van der Waals surface area contributed by atoms with Gasteiger partial charge in [0.15, 0.2) is 0 Å². The van der Waals surface area contributed by atoms with Crippen LogP contribution in [0.1, 0.15) is 19.4 Å². The van der Waals surface area contributed by atoms with Crippen LogP contribution in [0, 0.1) is 5.92 Å². The van der Waals surface area contributed by atoms with E-state index in [4.69, 9.17) is 0 Å². The van der Waals surface area contributed by atoms with Crippen LogP contribution in [0.4, 0.5) is 0 Å². The van der Waals surface area contributed by atoms with Gasteiger partial charge in [0, 0.05) is 11.3 Å². The lowest BCUT2D eigenvalue weighted by molar-refractivity contribution is 0.474. The highest BCUT2D eigenvalue weighted by molar-refractivity contribution is 8.14. The zero-order chi connectivity index (χ0) is 10.8. The second-order valence-corrected chi connectivity index (χ2v) is 5.08. The highest BCUT2D eigenvalue weighted by Gasteiger charge is 2.23. The fourth-order valence-corrected chi connectivity index (χ4v) is 2.86. The molecule has 0 aromatic heterocycles. The number of aromatic hydroxyl groups is 1. The van der Waals surface area contributed by atoms with Crippen LogP contribution in [0.5, 0.6) is 5.75 Å². The molecular formula is C12H15NOS. The molecule has 1 atom stereocenters. The Morgan fingerprint density at radius 1 is 1.40 bits per heavy atom. The monoisotopic (exact) mass is 221 g/mol. The molecule has 0 fully saturated rings. The summed E-state index contributed by atoms with van der Waals surface area (Å²) in [6, 6.07) is 7.79. The Morgan fingerprint density at radius 3 is 2.73 bits per heavy atom. The smallest absolute Gasteiger partial charge is 0.125 e. The molecular weight excluding hydrogens is 206 g/mol. The van der Waals surface area contributed by atoms with E-state index < -0.39 is 0 Å². The number of rotatable bonds is 2. The van der Waals surface area contributed by atoms with E-state index in [2.05, 4.69) is 18.8 Å². The highest BCUT2D eigenvalue weighted by Crippen LogP contribution is 2.30. The number of hydrogen-bond acceptors (Lipinski definition) is 3. The number of benzene rings is 1. The highest BCUT2D eigenvalue weighted by atomic mass is 32.2. The van der Waals surface area contributed by atoms with Crippen molar-refractivity contribution in [1.82, 2.24) is 0 Å². The second kappa shape index (κ2) is 4.27. The summed E-state index contributed by atoms with van der Waals surface area (Å²) in [6.07, 6.45) is 0. The average molecular weight is 221 g/mol. The molecule has 0 bridgehead atoms. The summed E-state index contributed by atoms with van der Waals surface area (Å²) in [5, 5.41) is 10.7. The van der Waals surface area contributed by atoms with Crippen molar-refractivity contribution in [2.75, 3.05) is 5.75 Å². The fraction of sp³-hybridized carbons (Fsp3) is 0.417. The number of nitrogens with zero attached hydrogens (tertiary/aromatic N) is 1. The van der Waals surface area contributed by atoms with E-state index in [-0.39, 0.29) is 0 Å². The van der Waals surface area contributed by atoms with E-state index in [1.54, 1.807) is 17.8 Å². The van der Waals surface area contributed by atoms with Gasteiger partial charge in [0.1, 0.15) is 10.8 Å². The number of thioether (sulfide) groups is 1. The topological polar surface area (TPSA) is 32.6 Å². The summed E-state index contributed by atoms with van der Waals surface area (Å²) in [7, 11) is 0. The van der Waals surface area contributed by atoms with Crippen molar-refractivity contribution in [3.05, 3.63) is 29.8 Å². The van der Waals surface area contributed by atoms with Gasteiger partial charge in [-0.3, -0.25) is 4.99 Å². The molecule has 1 N–H and O–H groups in total. The molecule has 0 spiro atoms. The molecule has 80 valence electrons. The van der Waals surface area contributed by atoms with Crippen LogP contribution >= 0.6 is 11.8 Å². The molecule has 1 aliphatic heterocycles. The maximum Gasteiger partial charge on any atom is 0.125 e. The average Bonchev–Trinajstić information content (AvgIpc) is 2.67. The van der Waals surface area contributed by atoms with Gasteiger partial charge in [-0.2, -0.15) is 0 Å². The molecule has 0 saturated carbocycles. The largest absolute Gasteiger partial charge is 0.507 e. The van der Waals surface area contributed by atoms with Crippen LogP contribution in [0.15, 0.2) is 29.3 Å². The van der Waals surface area contributed by atoms with E-state index in [0.29, 0.717) is 17.7 Å². The molecule has 1 aromatic rings. The first-order valence-corrected chi connectivity index (χ1v) is 6.16. The molecule has 1 heterocycles. The van der Waals surface area contributed by atoms with Crippen molar-refractivity contribution in [2.45, 2.75) is 19.9 Å². The molecule has 1 aliphatic rings. The third kappa shape index (κ3) is 2.17. The van der Waals surface area contributed by atoms with Gasteiger partial charge in [0.2, 0.25) is 0 Å². The Labute approximate surface area is 94.4 Å². The zero-order valence-electron chi connectivity index (χ0n) is 8.97. The van der Waals surface area contributed by atoms with E-state index in [1.165, 1.54) is 0 Å². The summed E-state index contributed by atoms with van der Waals surface area (Å²) in [6.45, 7) is 4.37. The lowest BCUT2D eigenvalue weighted by atomic mass is 10.1. The minimum Gasteiger partial charge on any atom is -0.507 e. The maximum atomic E-state index is 9.70. The molecule has 2 nitrogen and oxygen atoms in total. The predicted octanol–water partition coefficient (Wildman–Crippen LogP) is 2.91. The van der Waals surface area contributed by atoms with Gasteiger partial charge in [0.05, 0.1) is 6.04 Å². The zero-order valence-corrected chi connectivity index (χ0v) is 9.79. The van der Waals surface area contributed by atoms with Crippen molar-refractivity contribution in [3.63, 3.8) is 0 Å². The predicted molar refractivity (Wildman–Crippen MR) is 65.7 cm³/mol. The third-order valence-electron chi connectivity index (χ3n) is 2.58. The van der Waals surface area contributed by atoms with Crippen LogP contribution in [0.2, 0.25) is 0 Å². The van der Waals surface area contributed by atoms with E-state index in [9.17, 15) is 5.11 Å². The Morgan fingerprint density at radius 2 is 2.13 bits per heavy atom. The Balaban J connectivity index is 2.27. The summed E-state index contributed by atoms with van der Waals surface area (Å²) in [5.41, 5.74) is 0.866. The molecule has 0 saturated heterocycles. The van der Waals surface area contributed by atoms with Crippen molar-refractivity contribution in [3.8, 4) is 5.75 Å². The minimum absolute atomic E-state index is 0.327. The summed E-state index contributed by atoms with van der Waals surface area (Å²) in [5.74, 6) is 1.93. The lowest BCUT2D eigenvalue weighted by Crippen LogP contribution is -2.11. The quantitative estimate of drug-likeness (QED) is 0.833. The lowest BCUT2D eigenvalue weighted by Gasteiger charge is -2.08. The molecule has 0 amide bonds. The molecule has 3 heteroatoms. The first kappa shape index (κ1) is 10.6. The van der Waals surface area contributed by atoms with Gasteiger partial charge in [-0.1, -0.05) is 26.0 Å². The Bertz CT molecular complexity index is 387. The SMILES string of the molecule is CC(C)[C@H]1CSC(c2ccccc2O)=N1. The Hall–Kier alpha value is -0.960. The normalized spacial score (nSPS) is 20.7. The third-order valence-corrected chi connectivity index (χ3v) is 3.68. The molecule has 15 heavy (non-hydrogen) atoms. The van der Waals surface area contributed by atoms with Crippen LogP contribution < -0.4 is 0 Å². The first-order chi connectivity index (χ1) is 7.18. The van der Waals surface area contributed by atoms with Gasteiger partial charge < -0.3 is 5.11 Å². The van der Waals surface area contributed by atoms with Crippen LogP contribution in [0.25, 0.3) is 0 Å². The van der Waals surface area contributed by atoms with Gasteiger partial charge >= 0.3 is 0 Å². The molecule has 1 aromatic carbocycles. The van der Waals surface area contributed by atoms with Crippen LogP contribution in [-0.2, 0) is 0 Å². The van der Waals surface area contributed by atoms with Crippen LogP contribution in [-0.4, -0.2) is 21.9 Å². The van der Waals surface area contributed by atoms with Crippen molar-refractivity contribution >= 4 is 16.8 Å². The standard InChI is InChI=1S/C12H15NOS/c1-8(2)10-7-15-12(13-10)9-5-3-4-6-11(9)14/h3-6,8,10,14H,7H2,1-2H3/t10-/m1/s1. The van der Waals surface area contributed by atoms with E-state index in [1.807, 2.05) is 18.2 Å². The first-order valence-electron chi connectivity index (χ1n) is 5.17. The Kier molecular flexibility index (Phi) is 3.00. The van der Waals surface area contributed by atoms with Gasteiger partial charge in [-0.15, -0.1) is 11.8 Å². The summed E-state index contributed by atoms with van der Waals surface area (Å²) in [4.78, 5) is 4.64. The summed E-state index contributed by atoms with van der Waals surface area (Å²) >= 11 is 1.74. The maximum absolute atomic E-state index is 9.70. The number of aliphatic imine (C=N–C) groups is 1. The van der Waals surface area contributed by atoms with Crippen molar-refractivity contribution in [2.24, 2.45) is 10.9 Å². The molecule has 0 radical (unpaired) electrons.